The van der Waals surface area contributed by atoms with Gasteiger partial charge in [-0.05, 0) is 56.9 Å². The van der Waals surface area contributed by atoms with Gasteiger partial charge in [0.05, 0.1) is 12.6 Å². The number of benzene rings is 2. The molecule has 0 fully saturated rings. The van der Waals surface area contributed by atoms with Gasteiger partial charge in [-0.1, -0.05) is 54.6 Å². The Hall–Kier alpha value is -4.01. The average molecular weight is 509 g/mol. The van der Waals surface area contributed by atoms with E-state index in [4.69, 9.17) is 9.47 Å². The fraction of sp³-hybridized carbons (Fsp3) is 0.393. The van der Waals surface area contributed by atoms with Crippen molar-refractivity contribution < 1.29 is 23.9 Å². The number of hydrogen-bond donors (Lipinski definition) is 4. The summed E-state index contributed by atoms with van der Waals surface area (Å²) < 4.78 is 10.7. The number of ether oxygens (including phenoxy) is 2. The highest BCUT2D eigenvalue weighted by Gasteiger charge is 2.23. The third-order valence-corrected chi connectivity index (χ3v) is 5.45. The van der Waals surface area contributed by atoms with Gasteiger partial charge >= 0.3 is 12.2 Å². The first kappa shape index (κ1) is 27.6. The maximum atomic E-state index is 12.8. The zero-order chi connectivity index (χ0) is 26.7. The van der Waals surface area contributed by atoms with E-state index >= 15 is 0 Å². The minimum atomic E-state index is -0.727. The van der Waals surface area contributed by atoms with E-state index in [-0.39, 0.29) is 25.1 Å². The number of carbonyl (C=O) groups is 3. The minimum absolute atomic E-state index is 0.0360. The molecule has 0 unspecified atom stereocenters. The first-order valence-corrected chi connectivity index (χ1v) is 12.4. The number of fused-ring (bicyclic) bond motifs is 2. The van der Waals surface area contributed by atoms with E-state index in [9.17, 15) is 14.4 Å². The molecule has 0 saturated heterocycles. The van der Waals surface area contributed by atoms with Gasteiger partial charge in [0, 0.05) is 12.2 Å². The molecule has 3 amide bonds. The van der Waals surface area contributed by atoms with Crippen LogP contribution < -0.4 is 21.3 Å². The quantitative estimate of drug-likeness (QED) is 0.444. The molecule has 0 spiro atoms. The molecule has 9 nitrogen and oxygen atoms in total. The second kappa shape index (κ2) is 13.3. The van der Waals surface area contributed by atoms with E-state index in [0.29, 0.717) is 25.1 Å². The molecular formula is C28H36N4O5. The minimum Gasteiger partial charge on any atom is -0.445 e. The molecule has 2 aromatic carbocycles. The van der Waals surface area contributed by atoms with Crippen molar-refractivity contribution in [1.82, 2.24) is 16.0 Å². The summed E-state index contributed by atoms with van der Waals surface area (Å²) in [6.45, 7) is 5.98. The molecule has 1 aliphatic heterocycles. The summed E-state index contributed by atoms with van der Waals surface area (Å²) in [5.74, 6) is -0.242. The van der Waals surface area contributed by atoms with Crippen molar-refractivity contribution >= 4 is 23.8 Å². The summed E-state index contributed by atoms with van der Waals surface area (Å²) in [4.78, 5) is 37.6. The number of nitrogens with one attached hydrogen (secondary N) is 4. The number of rotatable bonds is 5. The van der Waals surface area contributed by atoms with Crippen LogP contribution in [-0.4, -0.2) is 42.8 Å². The van der Waals surface area contributed by atoms with Crippen LogP contribution in [0.15, 0.2) is 66.7 Å². The number of carbonyl (C=O) groups excluding carboxylic acids is 3. The van der Waals surface area contributed by atoms with Gasteiger partial charge in [0.15, 0.2) is 0 Å². The van der Waals surface area contributed by atoms with Crippen molar-refractivity contribution in [2.24, 2.45) is 0 Å². The maximum Gasteiger partial charge on any atom is 0.407 e. The monoisotopic (exact) mass is 508 g/mol. The molecule has 198 valence electrons. The van der Waals surface area contributed by atoms with E-state index < -0.39 is 23.8 Å². The number of alkyl carbamates (subject to hydrolysis) is 2. The molecule has 1 aliphatic rings. The SMILES string of the molecule is CC(C)(C)OC(=O)NC[C@H]1Nc2cccc(c2)[C@@H](NC(=O)OCc2ccccc2)CC=CCCNC1=O. The first-order chi connectivity index (χ1) is 17.7. The Labute approximate surface area is 218 Å². The molecule has 37 heavy (non-hydrogen) atoms. The van der Waals surface area contributed by atoms with E-state index in [0.717, 1.165) is 11.1 Å². The lowest BCUT2D eigenvalue weighted by atomic mass is 10.0. The molecule has 1 heterocycles. The molecule has 0 saturated carbocycles. The second-order valence-electron chi connectivity index (χ2n) is 9.75. The van der Waals surface area contributed by atoms with Crippen LogP contribution in [0.3, 0.4) is 0 Å². The topological polar surface area (TPSA) is 118 Å². The molecule has 0 aliphatic carbocycles. The summed E-state index contributed by atoms with van der Waals surface area (Å²) in [6.07, 6.45) is 4.02. The molecule has 2 bridgehead atoms. The van der Waals surface area contributed by atoms with Crippen LogP contribution >= 0.6 is 0 Å². The Morgan fingerprint density at radius 2 is 1.81 bits per heavy atom. The van der Waals surface area contributed by atoms with E-state index in [1.807, 2.05) is 66.7 Å². The van der Waals surface area contributed by atoms with Crippen LogP contribution in [-0.2, 0) is 20.9 Å². The van der Waals surface area contributed by atoms with Crippen molar-refractivity contribution in [3.63, 3.8) is 0 Å². The molecule has 0 radical (unpaired) electrons. The lowest BCUT2D eigenvalue weighted by Crippen LogP contribution is -2.48. The van der Waals surface area contributed by atoms with Crippen molar-refractivity contribution in [2.75, 3.05) is 18.4 Å². The largest absolute Gasteiger partial charge is 0.445 e. The van der Waals surface area contributed by atoms with Crippen LogP contribution in [0.1, 0.15) is 50.8 Å². The van der Waals surface area contributed by atoms with Gasteiger partial charge in [0.2, 0.25) is 5.91 Å². The van der Waals surface area contributed by atoms with Crippen molar-refractivity contribution in [1.29, 1.82) is 0 Å². The molecule has 2 aromatic rings. The number of hydrogen-bond acceptors (Lipinski definition) is 6. The molecule has 3 rings (SSSR count). The molecule has 4 N–H and O–H groups in total. The van der Waals surface area contributed by atoms with Crippen LogP contribution in [0, 0.1) is 0 Å². The summed E-state index contributed by atoms with van der Waals surface area (Å²) in [5, 5.41) is 11.7. The maximum absolute atomic E-state index is 12.8. The molecule has 2 atom stereocenters. The lowest BCUT2D eigenvalue weighted by molar-refractivity contribution is -0.121. The summed E-state index contributed by atoms with van der Waals surface area (Å²) in [6, 6.07) is 15.9. The Morgan fingerprint density at radius 1 is 1.03 bits per heavy atom. The lowest BCUT2D eigenvalue weighted by Gasteiger charge is -2.23. The fourth-order valence-corrected chi connectivity index (χ4v) is 3.69. The predicted octanol–water partition coefficient (Wildman–Crippen LogP) is 4.43. The summed E-state index contributed by atoms with van der Waals surface area (Å²) in [7, 11) is 0. The Kier molecular flexibility index (Phi) is 9.94. The zero-order valence-electron chi connectivity index (χ0n) is 21.6. The standard InChI is InChI=1S/C28H36N4O5/c1-28(2,3)37-26(34)30-18-24-25(33)29-16-9-5-8-15-23(21-13-10-14-22(17-21)31-24)32-27(35)36-19-20-11-6-4-7-12-20/h4-8,10-14,17,23-24,31H,9,15-16,18-19H2,1-3H3,(H,29,33)(H,30,34)(H,32,35)/t23-,24+/m0/s1. The van der Waals surface area contributed by atoms with Gasteiger partial charge in [0.1, 0.15) is 18.2 Å². The average Bonchev–Trinajstić information content (AvgIpc) is 2.86. The van der Waals surface area contributed by atoms with Crippen LogP contribution in [0.25, 0.3) is 0 Å². The number of anilines is 1. The second-order valence-corrected chi connectivity index (χ2v) is 9.75. The predicted molar refractivity (Wildman–Crippen MR) is 142 cm³/mol. The van der Waals surface area contributed by atoms with Crippen LogP contribution in [0.4, 0.5) is 15.3 Å². The first-order valence-electron chi connectivity index (χ1n) is 12.4. The van der Waals surface area contributed by atoms with Crippen molar-refractivity contribution in [3.8, 4) is 0 Å². The van der Waals surface area contributed by atoms with Crippen molar-refractivity contribution in [3.05, 3.63) is 77.9 Å². The van der Waals surface area contributed by atoms with E-state index in [1.165, 1.54) is 0 Å². The van der Waals surface area contributed by atoms with E-state index in [1.54, 1.807) is 20.8 Å². The smallest absolute Gasteiger partial charge is 0.407 e. The molecular weight excluding hydrogens is 472 g/mol. The summed E-state index contributed by atoms with van der Waals surface area (Å²) in [5.41, 5.74) is 1.79. The van der Waals surface area contributed by atoms with Gasteiger partial charge in [-0.2, -0.15) is 0 Å². The molecule has 9 heteroatoms. The summed E-state index contributed by atoms with van der Waals surface area (Å²) >= 11 is 0. The third-order valence-electron chi connectivity index (χ3n) is 5.45. The zero-order valence-corrected chi connectivity index (χ0v) is 21.6. The van der Waals surface area contributed by atoms with Gasteiger partial charge in [0.25, 0.3) is 0 Å². The van der Waals surface area contributed by atoms with Gasteiger partial charge in [-0.15, -0.1) is 0 Å². The van der Waals surface area contributed by atoms with Gasteiger partial charge < -0.3 is 30.7 Å². The highest BCUT2D eigenvalue weighted by Crippen LogP contribution is 2.22. The molecule has 0 aromatic heterocycles. The number of amides is 3. The third kappa shape index (κ3) is 9.87. The Bertz CT molecular complexity index is 1080. The Morgan fingerprint density at radius 3 is 2.57 bits per heavy atom. The van der Waals surface area contributed by atoms with Crippen LogP contribution in [0.2, 0.25) is 0 Å². The van der Waals surface area contributed by atoms with Crippen LogP contribution in [0.5, 0.6) is 0 Å². The highest BCUT2D eigenvalue weighted by molar-refractivity contribution is 5.85. The van der Waals surface area contributed by atoms with E-state index in [2.05, 4.69) is 21.3 Å². The van der Waals surface area contributed by atoms with Gasteiger partial charge in [-0.3, -0.25) is 4.79 Å². The van der Waals surface area contributed by atoms with Gasteiger partial charge in [-0.25, -0.2) is 9.59 Å². The highest BCUT2D eigenvalue weighted by atomic mass is 16.6. The Balaban J connectivity index is 1.71. The normalized spacial score (nSPS) is 18.1. The fourth-order valence-electron chi connectivity index (χ4n) is 3.69. The van der Waals surface area contributed by atoms with Crippen molar-refractivity contribution in [2.45, 2.75) is 57.9 Å².